The molecular weight excluding hydrogens is 331 g/mol. The topological polar surface area (TPSA) is 95.9 Å². The minimum absolute atomic E-state index is 0.102. The van der Waals surface area contributed by atoms with Crippen molar-refractivity contribution in [3.8, 4) is 0 Å². The highest BCUT2D eigenvalue weighted by Crippen LogP contribution is 2.29. The summed E-state index contributed by atoms with van der Waals surface area (Å²) in [5, 5.41) is 18.2. The van der Waals surface area contributed by atoms with E-state index in [1.807, 2.05) is 5.32 Å². The molecule has 0 heterocycles. The Labute approximate surface area is 137 Å². The van der Waals surface area contributed by atoms with Gasteiger partial charge >= 0.3 is 18.4 Å². The lowest BCUT2D eigenvalue weighted by Gasteiger charge is -2.06. The van der Waals surface area contributed by atoms with Crippen molar-refractivity contribution in [1.29, 1.82) is 0 Å². The summed E-state index contributed by atoms with van der Waals surface area (Å²) < 4.78 is 40.4. The summed E-state index contributed by atoms with van der Waals surface area (Å²) in [6.07, 6.45) is -2.66. The zero-order valence-corrected chi connectivity index (χ0v) is 13.1. The average molecular weight is 351 g/mol. The van der Waals surface area contributed by atoms with Crippen molar-refractivity contribution in [3.63, 3.8) is 0 Å². The lowest BCUT2D eigenvalue weighted by Crippen LogP contribution is -2.08. The first-order valence-corrected chi connectivity index (χ1v) is 7.19. The third-order valence-electron chi connectivity index (χ3n) is 2.69. The van der Waals surface area contributed by atoms with Crippen LogP contribution in [0.25, 0.3) is 0 Å². The van der Waals surface area contributed by atoms with Crippen molar-refractivity contribution in [2.45, 2.75) is 38.8 Å². The summed E-state index contributed by atoms with van der Waals surface area (Å²) in [5.74, 6) is 0. The predicted octanol–water partition coefficient (Wildman–Crippen LogP) is 5.06. The molecule has 1 amide bonds. The smallest absolute Gasteiger partial charge is 0.465 e. The lowest BCUT2D eigenvalue weighted by molar-refractivity contribution is -0.137. The highest BCUT2D eigenvalue weighted by molar-refractivity contribution is 5.82. The molecule has 0 saturated carbocycles. The molecule has 1 rings (SSSR count). The zero-order chi connectivity index (χ0) is 18.6. The number of ether oxygens (including phenoxy) is 1. The first-order chi connectivity index (χ1) is 11.2. The molecule has 136 valence electrons. The summed E-state index contributed by atoms with van der Waals surface area (Å²) in [6.45, 7) is 2.45. The largest absolute Gasteiger partial charge is 0.505 e. The van der Waals surface area contributed by atoms with E-state index < -0.39 is 24.0 Å². The Morgan fingerprint density at radius 3 is 2.08 bits per heavy atom. The van der Waals surface area contributed by atoms with E-state index in [1.165, 1.54) is 0 Å². The molecule has 1 aromatic rings. The number of carbonyl (C=O) groups is 2. The molecule has 0 spiro atoms. The standard InChI is InChI=1S/C8H6F3NO2.C7H14O3/c9-8(10,11)5-1-3-6(4-2-5)12-7(13)14;1-2-3-4-5-6-10-7(8)9/h1-4,12H,(H,13,14);2-6H2,1H3,(H,8,9). The summed E-state index contributed by atoms with van der Waals surface area (Å²) in [5.41, 5.74) is -0.709. The molecule has 24 heavy (non-hydrogen) atoms. The van der Waals surface area contributed by atoms with Gasteiger partial charge in [0, 0.05) is 5.69 Å². The second kappa shape index (κ2) is 11.1. The van der Waals surface area contributed by atoms with Gasteiger partial charge in [0.05, 0.1) is 12.2 Å². The van der Waals surface area contributed by atoms with E-state index in [0.29, 0.717) is 6.61 Å². The summed E-state index contributed by atoms with van der Waals surface area (Å²) in [6, 6.07) is 3.73. The van der Waals surface area contributed by atoms with E-state index in [4.69, 9.17) is 10.2 Å². The highest BCUT2D eigenvalue weighted by Gasteiger charge is 2.29. The molecule has 0 atom stereocenters. The van der Waals surface area contributed by atoms with Crippen molar-refractivity contribution in [1.82, 2.24) is 0 Å². The molecule has 0 unspecified atom stereocenters. The molecule has 1 aromatic carbocycles. The number of hydrogen-bond acceptors (Lipinski definition) is 3. The number of carboxylic acid groups (broad SMARTS) is 2. The predicted molar refractivity (Wildman–Crippen MR) is 81.2 cm³/mol. The maximum absolute atomic E-state index is 12.0. The molecule has 0 radical (unpaired) electrons. The van der Waals surface area contributed by atoms with Crippen LogP contribution in [0.2, 0.25) is 0 Å². The van der Waals surface area contributed by atoms with E-state index in [-0.39, 0.29) is 5.69 Å². The summed E-state index contributed by atoms with van der Waals surface area (Å²) in [7, 11) is 0. The molecule has 0 aliphatic heterocycles. The Balaban J connectivity index is 0.000000470. The number of halogens is 3. The number of hydrogen-bond donors (Lipinski definition) is 3. The van der Waals surface area contributed by atoms with E-state index in [0.717, 1.165) is 49.9 Å². The highest BCUT2D eigenvalue weighted by atomic mass is 19.4. The molecule has 0 bridgehead atoms. The molecule has 0 aromatic heterocycles. The number of nitrogens with one attached hydrogen (secondary N) is 1. The molecule has 3 N–H and O–H groups in total. The normalized spacial score (nSPS) is 10.3. The molecule has 9 heteroatoms. The van der Waals surface area contributed by atoms with Crippen LogP contribution in [0.1, 0.15) is 38.2 Å². The fraction of sp³-hybridized carbons (Fsp3) is 0.467. The van der Waals surface area contributed by atoms with Crippen LogP contribution < -0.4 is 5.32 Å². The fourth-order valence-corrected chi connectivity index (χ4v) is 1.55. The van der Waals surface area contributed by atoms with Crippen LogP contribution in [0.3, 0.4) is 0 Å². The number of amides is 1. The van der Waals surface area contributed by atoms with Crippen LogP contribution in [0.5, 0.6) is 0 Å². The van der Waals surface area contributed by atoms with E-state index in [2.05, 4.69) is 11.7 Å². The van der Waals surface area contributed by atoms with Gasteiger partial charge in [0.2, 0.25) is 0 Å². The van der Waals surface area contributed by atoms with Crippen molar-refractivity contribution in [2.24, 2.45) is 0 Å². The van der Waals surface area contributed by atoms with Gasteiger partial charge < -0.3 is 14.9 Å². The second-order valence-corrected chi connectivity index (χ2v) is 4.68. The average Bonchev–Trinajstić information content (AvgIpc) is 2.46. The van der Waals surface area contributed by atoms with Gasteiger partial charge in [0.1, 0.15) is 0 Å². The van der Waals surface area contributed by atoms with Crippen molar-refractivity contribution < 1.29 is 37.7 Å². The molecule has 0 saturated heterocycles. The number of anilines is 1. The van der Waals surface area contributed by atoms with Crippen LogP contribution in [0.15, 0.2) is 24.3 Å². The Bertz CT molecular complexity index is 503. The Morgan fingerprint density at radius 2 is 1.67 bits per heavy atom. The molecule has 6 nitrogen and oxygen atoms in total. The minimum Gasteiger partial charge on any atom is -0.465 e. The maximum Gasteiger partial charge on any atom is 0.505 e. The second-order valence-electron chi connectivity index (χ2n) is 4.68. The fourth-order valence-electron chi connectivity index (χ4n) is 1.55. The molecule has 0 fully saturated rings. The van der Waals surface area contributed by atoms with Crippen LogP contribution in [0.4, 0.5) is 28.4 Å². The van der Waals surface area contributed by atoms with Gasteiger partial charge in [-0.1, -0.05) is 26.2 Å². The van der Waals surface area contributed by atoms with Gasteiger partial charge in [-0.3, -0.25) is 5.32 Å². The molecular formula is C15H20F3NO5. The summed E-state index contributed by atoms with van der Waals surface area (Å²) >= 11 is 0. The van der Waals surface area contributed by atoms with Crippen LogP contribution in [0, 0.1) is 0 Å². The molecule has 0 aliphatic rings. The third kappa shape index (κ3) is 11.2. The Kier molecular flexibility index (Phi) is 10.0. The Morgan fingerprint density at radius 1 is 1.08 bits per heavy atom. The summed E-state index contributed by atoms with van der Waals surface area (Å²) in [4.78, 5) is 19.9. The quantitative estimate of drug-likeness (QED) is 0.492. The SMILES string of the molecule is CCCCCCOC(=O)O.O=C(O)Nc1ccc(C(F)(F)F)cc1. The van der Waals surface area contributed by atoms with Crippen LogP contribution in [-0.2, 0) is 10.9 Å². The van der Waals surface area contributed by atoms with Crippen molar-refractivity contribution in [2.75, 3.05) is 11.9 Å². The van der Waals surface area contributed by atoms with E-state index in [9.17, 15) is 22.8 Å². The molecule has 0 aliphatic carbocycles. The van der Waals surface area contributed by atoms with Crippen molar-refractivity contribution >= 4 is 17.9 Å². The van der Waals surface area contributed by atoms with Crippen LogP contribution in [-0.4, -0.2) is 29.1 Å². The number of rotatable bonds is 6. The van der Waals surface area contributed by atoms with Crippen LogP contribution >= 0.6 is 0 Å². The zero-order valence-electron chi connectivity index (χ0n) is 13.1. The van der Waals surface area contributed by atoms with Gasteiger partial charge in [-0.2, -0.15) is 13.2 Å². The van der Waals surface area contributed by atoms with Gasteiger partial charge in [0.15, 0.2) is 0 Å². The maximum atomic E-state index is 12.0. The lowest BCUT2D eigenvalue weighted by atomic mass is 10.2. The first kappa shape index (κ1) is 21.6. The number of benzene rings is 1. The first-order valence-electron chi connectivity index (χ1n) is 7.19. The van der Waals surface area contributed by atoms with E-state index in [1.54, 1.807) is 0 Å². The number of alkyl halides is 3. The monoisotopic (exact) mass is 351 g/mol. The van der Waals surface area contributed by atoms with Gasteiger partial charge in [-0.15, -0.1) is 0 Å². The third-order valence-corrected chi connectivity index (χ3v) is 2.69. The van der Waals surface area contributed by atoms with E-state index >= 15 is 0 Å². The van der Waals surface area contributed by atoms with Gasteiger partial charge in [-0.05, 0) is 30.7 Å². The van der Waals surface area contributed by atoms with Gasteiger partial charge in [0.25, 0.3) is 0 Å². The van der Waals surface area contributed by atoms with Crippen molar-refractivity contribution in [3.05, 3.63) is 29.8 Å². The number of unbranched alkanes of at least 4 members (excludes halogenated alkanes) is 3. The van der Waals surface area contributed by atoms with Gasteiger partial charge in [-0.25, -0.2) is 9.59 Å². The Hall–Kier alpha value is -2.45. The minimum atomic E-state index is -4.40.